The van der Waals surface area contributed by atoms with E-state index in [0.717, 1.165) is 0 Å². The fourth-order valence-corrected chi connectivity index (χ4v) is 0.370. The van der Waals surface area contributed by atoms with Crippen molar-refractivity contribution >= 4 is 7.32 Å². The number of hydrogen-bond acceptors (Lipinski definition) is 5. The maximum atomic E-state index is 9.68. The van der Waals surface area contributed by atoms with Gasteiger partial charge in [-0.3, -0.25) is 0 Å². The number of rotatable bonds is 6. The molecule has 0 aliphatic heterocycles. The van der Waals surface area contributed by atoms with Gasteiger partial charge < -0.3 is 24.5 Å². The molecule has 0 unspecified atom stereocenters. The molecule has 0 atom stereocenters. The first-order valence-corrected chi connectivity index (χ1v) is 2.89. The first kappa shape index (κ1) is 20.5. The summed E-state index contributed by atoms with van der Waals surface area (Å²) in [6.45, 7) is 0.281. The number of aliphatic hydroxyl groups excluding tert-OH is 1. The Morgan fingerprint density at radius 1 is 1.08 bits per heavy atom. The second-order valence-electron chi connectivity index (χ2n) is 1.50. The molecule has 0 bridgehead atoms. The Balaban J connectivity index is -0.000000405. The van der Waals surface area contributed by atoms with Crippen LogP contribution < -0.4 is 113 Å². The quantitative estimate of drug-likeness (QED) is 0.359. The van der Waals surface area contributed by atoms with Crippen LogP contribution in [0.25, 0.3) is 0 Å². The summed E-state index contributed by atoms with van der Waals surface area (Å²) in [5.41, 5.74) is 0. The molecule has 8 heteroatoms. The van der Waals surface area contributed by atoms with Crippen molar-refractivity contribution < 1.29 is 127 Å². The van der Waals surface area contributed by atoms with E-state index in [1.54, 1.807) is 0 Å². The molecule has 0 aromatic rings. The zero-order chi connectivity index (χ0) is 7.82. The van der Waals surface area contributed by atoms with Crippen LogP contribution in [0.2, 0.25) is 0 Å². The average Bonchev–Trinajstić information content (AvgIpc) is 1.87. The van der Waals surface area contributed by atoms with E-state index in [-0.39, 0.29) is 129 Å². The Bertz CT molecular complexity index is 76.5. The summed E-state index contributed by atoms with van der Waals surface area (Å²) in [4.78, 5) is 0. The van der Waals surface area contributed by atoms with Gasteiger partial charge in [-0.25, -0.2) is 0 Å². The number of aliphatic hydroxyl groups is 1. The normalized spacial score (nSPS) is 8.25. The molecule has 0 fully saturated rings. The van der Waals surface area contributed by atoms with Crippen LogP contribution >= 0.6 is 0 Å². The van der Waals surface area contributed by atoms with Crippen molar-refractivity contribution in [3.8, 4) is 0 Å². The number of hydrogen-bond donors (Lipinski definition) is 1. The van der Waals surface area contributed by atoms with Crippen molar-refractivity contribution in [2.24, 2.45) is 0 Å². The van der Waals surface area contributed by atoms with Crippen LogP contribution in [0.1, 0.15) is 0 Å². The molecule has 0 heterocycles. The van der Waals surface area contributed by atoms with Gasteiger partial charge in [0.05, 0.1) is 27.1 Å². The maximum Gasteiger partial charge on any atom is 1.00 e. The second-order valence-corrected chi connectivity index (χ2v) is 1.50. The van der Waals surface area contributed by atoms with Gasteiger partial charge in [-0.05, 0) is 0 Å². The predicted molar refractivity (Wildman–Crippen MR) is 29.6 cm³/mol. The van der Waals surface area contributed by atoms with Gasteiger partial charge in [-0.2, -0.15) is 0 Å². The van der Waals surface area contributed by atoms with E-state index in [9.17, 15) is 10.0 Å². The Morgan fingerprint density at radius 3 is 2.08 bits per heavy atom. The van der Waals surface area contributed by atoms with E-state index in [2.05, 4.69) is 9.39 Å². The van der Waals surface area contributed by atoms with Gasteiger partial charge in [-0.15, -0.1) is 0 Å². The SMILES string of the molecule is [K+].[K+].[O-]B([O-])OCCOCCO. The minimum absolute atomic E-state index is 0. The molecule has 0 radical (unpaired) electrons. The molecule has 0 aromatic heterocycles. The van der Waals surface area contributed by atoms with Crippen LogP contribution in [0.4, 0.5) is 0 Å². The first-order chi connectivity index (χ1) is 4.77. The van der Waals surface area contributed by atoms with Gasteiger partial charge in [0.15, 0.2) is 0 Å². The topological polar surface area (TPSA) is 84.8 Å². The van der Waals surface area contributed by atoms with Crippen LogP contribution in [-0.4, -0.2) is 38.9 Å². The molecule has 1 N–H and O–H groups in total. The van der Waals surface area contributed by atoms with Gasteiger partial charge in [0.2, 0.25) is 0 Å². The van der Waals surface area contributed by atoms with Crippen LogP contribution in [0.5, 0.6) is 0 Å². The zero-order valence-corrected chi connectivity index (χ0v) is 13.7. The summed E-state index contributed by atoms with van der Waals surface area (Å²) in [6.07, 6.45) is 0. The molecule has 0 aromatic carbocycles. The largest absolute Gasteiger partial charge is 1.00 e. The van der Waals surface area contributed by atoms with Gasteiger partial charge in [-0.1, -0.05) is 0 Å². The van der Waals surface area contributed by atoms with Gasteiger partial charge in [0.25, 0.3) is 0 Å². The van der Waals surface area contributed by atoms with Gasteiger partial charge in [0, 0.05) is 6.61 Å². The third kappa shape index (κ3) is 18.8. The molecule has 0 rings (SSSR count). The van der Waals surface area contributed by atoms with Crippen LogP contribution in [0.15, 0.2) is 0 Å². The smallest absolute Gasteiger partial charge is 0.871 e. The molecule has 0 saturated carbocycles. The Hall–Kier alpha value is 3.14. The molecule has 0 aliphatic carbocycles. The Labute approximate surface area is 157 Å². The van der Waals surface area contributed by atoms with Crippen LogP contribution in [0, 0.1) is 0 Å². The van der Waals surface area contributed by atoms with Crippen molar-refractivity contribution in [2.75, 3.05) is 26.4 Å². The van der Waals surface area contributed by atoms with E-state index < -0.39 is 7.32 Å². The minimum atomic E-state index is -2.24. The summed E-state index contributed by atoms with van der Waals surface area (Å²) in [5, 5.41) is 27.5. The third-order valence-corrected chi connectivity index (χ3v) is 0.717. The number of ether oxygens (including phenoxy) is 1. The van der Waals surface area contributed by atoms with Crippen molar-refractivity contribution in [1.82, 2.24) is 0 Å². The van der Waals surface area contributed by atoms with Crippen LogP contribution in [-0.2, 0) is 9.39 Å². The molecule has 5 nitrogen and oxygen atoms in total. The van der Waals surface area contributed by atoms with Crippen molar-refractivity contribution in [3.05, 3.63) is 0 Å². The summed E-state index contributed by atoms with van der Waals surface area (Å²) in [7, 11) is -2.24. The Morgan fingerprint density at radius 2 is 1.67 bits per heavy atom. The van der Waals surface area contributed by atoms with E-state index in [1.807, 2.05) is 0 Å². The zero-order valence-electron chi connectivity index (χ0n) is 7.49. The average molecular weight is 226 g/mol. The van der Waals surface area contributed by atoms with Crippen molar-refractivity contribution in [1.29, 1.82) is 0 Å². The molecule has 60 valence electrons. The molecule has 0 amide bonds. The molecule has 0 saturated heterocycles. The summed E-state index contributed by atoms with van der Waals surface area (Å²) < 4.78 is 8.75. The van der Waals surface area contributed by atoms with E-state index in [1.165, 1.54) is 0 Å². The molecule has 0 spiro atoms. The monoisotopic (exact) mass is 226 g/mol. The maximum absolute atomic E-state index is 9.68. The van der Waals surface area contributed by atoms with E-state index in [4.69, 9.17) is 5.11 Å². The fraction of sp³-hybridized carbons (Fsp3) is 1.00. The molecular formula is C4H9BK2O5. The molecular weight excluding hydrogens is 217 g/mol. The van der Waals surface area contributed by atoms with Gasteiger partial charge >= 0.3 is 103 Å². The summed E-state index contributed by atoms with van der Waals surface area (Å²) in [6, 6.07) is 0. The summed E-state index contributed by atoms with van der Waals surface area (Å²) in [5.74, 6) is 0. The predicted octanol–water partition coefficient (Wildman–Crippen LogP) is -9.27. The van der Waals surface area contributed by atoms with E-state index in [0.29, 0.717) is 0 Å². The van der Waals surface area contributed by atoms with Crippen molar-refractivity contribution in [2.45, 2.75) is 0 Å². The Kier molecular flexibility index (Phi) is 28.3. The fourth-order valence-electron chi connectivity index (χ4n) is 0.370. The van der Waals surface area contributed by atoms with E-state index >= 15 is 0 Å². The van der Waals surface area contributed by atoms with Gasteiger partial charge in [0.1, 0.15) is 0 Å². The molecule has 12 heavy (non-hydrogen) atoms. The summed E-state index contributed by atoms with van der Waals surface area (Å²) >= 11 is 0. The minimum Gasteiger partial charge on any atom is -0.871 e. The van der Waals surface area contributed by atoms with Crippen molar-refractivity contribution in [3.63, 3.8) is 0 Å². The second kappa shape index (κ2) is 16.6. The molecule has 0 aliphatic rings. The standard InChI is InChI=1S/C4H9BO5.2K/c6-1-2-9-3-4-10-5(7)8;;/h6H,1-4H2;;/q-2;2*+1. The third-order valence-electron chi connectivity index (χ3n) is 0.717. The van der Waals surface area contributed by atoms with Crippen LogP contribution in [0.3, 0.4) is 0 Å². The first-order valence-electron chi connectivity index (χ1n) is 2.89.